The molecule has 0 radical (unpaired) electrons. The van der Waals surface area contributed by atoms with Crippen molar-refractivity contribution in [2.45, 2.75) is 0 Å². The topological polar surface area (TPSA) is 56.0 Å². The smallest absolute Gasteiger partial charge is 0.159 e. The SMILES string of the molecule is C1=CC2C=Nn3nnnc3C2=C1. The van der Waals surface area contributed by atoms with Crippen LogP contribution in [-0.2, 0) is 0 Å². The van der Waals surface area contributed by atoms with E-state index in [0.717, 1.165) is 11.4 Å². The van der Waals surface area contributed by atoms with Crippen LogP contribution in [0.25, 0.3) is 5.57 Å². The van der Waals surface area contributed by atoms with E-state index in [-0.39, 0.29) is 5.92 Å². The van der Waals surface area contributed by atoms with Crippen LogP contribution in [0.15, 0.2) is 23.3 Å². The first-order chi connectivity index (χ1) is 5.95. The van der Waals surface area contributed by atoms with Gasteiger partial charge >= 0.3 is 0 Å². The van der Waals surface area contributed by atoms with E-state index in [1.54, 1.807) is 0 Å². The number of aromatic nitrogens is 4. The molecule has 0 spiro atoms. The third kappa shape index (κ3) is 0.578. The fraction of sp³-hybridized carbons (Fsp3) is 0.143. The summed E-state index contributed by atoms with van der Waals surface area (Å²) in [5.74, 6) is 1.01. The van der Waals surface area contributed by atoms with Crippen molar-refractivity contribution >= 4 is 11.8 Å². The molecule has 0 bridgehead atoms. The van der Waals surface area contributed by atoms with Crippen molar-refractivity contribution in [3.63, 3.8) is 0 Å². The van der Waals surface area contributed by atoms with Gasteiger partial charge in [0.1, 0.15) is 0 Å². The monoisotopic (exact) mass is 159 g/mol. The average molecular weight is 159 g/mol. The van der Waals surface area contributed by atoms with Gasteiger partial charge in [-0.2, -0.15) is 5.10 Å². The van der Waals surface area contributed by atoms with Gasteiger partial charge in [-0.15, -0.1) is 9.89 Å². The molecule has 0 saturated carbocycles. The molecule has 1 aliphatic carbocycles. The molecule has 1 atom stereocenters. The largest absolute Gasteiger partial charge is 0.204 e. The van der Waals surface area contributed by atoms with E-state index in [1.807, 2.05) is 18.4 Å². The van der Waals surface area contributed by atoms with Gasteiger partial charge in [0.05, 0.1) is 0 Å². The summed E-state index contributed by atoms with van der Waals surface area (Å²) in [6.45, 7) is 0. The van der Waals surface area contributed by atoms with Crippen LogP contribution in [0.1, 0.15) is 5.82 Å². The summed E-state index contributed by atoms with van der Waals surface area (Å²) in [5.41, 5.74) is 1.12. The lowest BCUT2D eigenvalue weighted by Gasteiger charge is -2.10. The Morgan fingerprint density at radius 2 is 2.42 bits per heavy atom. The number of rotatable bonds is 0. The van der Waals surface area contributed by atoms with Gasteiger partial charge in [-0.1, -0.05) is 18.2 Å². The van der Waals surface area contributed by atoms with Crippen molar-refractivity contribution < 1.29 is 0 Å². The van der Waals surface area contributed by atoms with Crippen molar-refractivity contribution in [3.8, 4) is 0 Å². The molecular weight excluding hydrogens is 154 g/mol. The van der Waals surface area contributed by atoms with E-state index in [2.05, 4.69) is 26.7 Å². The molecule has 0 N–H and O–H groups in total. The van der Waals surface area contributed by atoms with Gasteiger partial charge < -0.3 is 0 Å². The minimum atomic E-state index is 0.267. The Kier molecular flexibility index (Phi) is 0.910. The third-order valence-electron chi connectivity index (χ3n) is 2.00. The first kappa shape index (κ1) is 5.82. The minimum Gasteiger partial charge on any atom is -0.159 e. The van der Waals surface area contributed by atoms with Crippen LogP contribution < -0.4 is 0 Å². The molecule has 1 aliphatic heterocycles. The highest BCUT2D eigenvalue weighted by molar-refractivity contribution is 5.87. The molecule has 1 aromatic rings. The maximum absolute atomic E-state index is 4.06. The predicted octanol–water partition coefficient (Wildman–Crippen LogP) is 0.0900. The summed E-state index contributed by atoms with van der Waals surface area (Å²) in [7, 11) is 0. The summed E-state index contributed by atoms with van der Waals surface area (Å²) in [5, 5.41) is 15.2. The van der Waals surface area contributed by atoms with Crippen LogP contribution in [-0.4, -0.2) is 26.5 Å². The number of fused-ring (bicyclic) bond motifs is 3. The molecule has 5 heteroatoms. The number of tetrazole rings is 1. The molecule has 0 fully saturated rings. The number of hydrogen-bond acceptors (Lipinski definition) is 4. The standard InChI is InChI=1S/C7H5N5/c1-2-5-4-8-12-7(6(5)3-1)9-10-11-12/h1-5H. The van der Waals surface area contributed by atoms with E-state index < -0.39 is 0 Å². The molecular formula is C7H5N5. The van der Waals surface area contributed by atoms with Crippen LogP contribution in [0.5, 0.6) is 0 Å². The van der Waals surface area contributed by atoms with Gasteiger partial charge in [-0.05, 0) is 10.4 Å². The lowest BCUT2D eigenvalue weighted by Crippen LogP contribution is -2.12. The van der Waals surface area contributed by atoms with Crippen LogP contribution in [0.4, 0.5) is 0 Å². The Hall–Kier alpha value is -1.78. The molecule has 12 heavy (non-hydrogen) atoms. The molecule has 2 heterocycles. The highest BCUT2D eigenvalue weighted by atomic mass is 15.7. The minimum absolute atomic E-state index is 0.267. The fourth-order valence-electron chi connectivity index (χ4n) is 1.42. The number of nitrogens with zero attached hydrogens (tertiary/aromatic N) is 5. The van der Waals surface area contributed by atoms with E-state index in [9.17, 15) is 0 Å². The lowest BCUT2D eigenvalue weighted by atomic mass is 10.0. The summed E-state index contributed by atoms with van der Waals surface area (Å²) < 4.78 is 0. The second-order valence-corrected chi connectivity index (χ2v) is 2.69. The molecule has 1 aromatic heterocycles. The zero-order valence-electron chi connectivity index (χ0n) is 6.12. The lowest BCUT2D eigenvalue weighted by molar-refractivity contribution is 0.674. The Morgan fingerprint density at radius 1 is 1.42 bits per heavy atom. The summed E-state index contributed by atoms with van der Waals surface area (Å²) >= 11 is 0. The van der Waals surface area contributed by atoms with E-state index in [0.29, 0.717) is 0 Å². The zero-order chi connectivity index (χ0) is 7.97. The van der Waals surface area contributed by atoms with Crippen molar-refractivity contribution in [3.05, 3.63) is 24.1 Å². The third-order valence-corrected chi connectivity index (χ3v) is 2.00. The second-order valence-electron chi connectivity index (χ2n) is 2.69. The maximum atomic E-state index is 4.06. The van der Waals surface area contributed by atoms with E-state index in [4.69, 9.17) is 0 Å². The van der Waals surface area contributed by atoms with Crippen LogP contribution in [0.2, 0.25) is 0 Å². The van der Waals surface area contributed by atoms with E-state index in [1.165, 1.54) is 4.79 Å². The quantitative estimate of drug-likeness (QED) is 0.539. The summed E-state index contributed by atoms with van der Waals surface area (Å²) in [6, 6.07) is 0. The highest BCUT2D eigenvalue weighted by Gasteiger charge is 2.23. The summed E-state index contributed by atoms with van der Waals surface area (Å²) in [4.78, 5) is 1.44. The van der Waals surface area contributed by atoms with Gasteiger partial charge in [0, 0.05) is 17.7 Å². The molecule has 0 aromatic carbocycles. The normalized spacial score (nSPS) is 23.7. The molecule has 1 unspecified atom stereocenters. The van der Waals surface area contributed by atoms with Gasteiger partial charge in [-0.25, -0.2) is 0 Å². The van der Waals surface area contributed by atoms with Gasteiger partial charge in [0.2, 0.25) is 5.82 Å². The summed E-state index contributed by atoms with van der Waals surface area (Å²) in [6.07, 6.45) is 7.91. The molecule has 0 amide bonds. The Balaban J connectivity index is 2.26. The first-order valence-corrected chi connectivity index (χ1v) is 3.67. The zero-order valence-corrected chi connectivity index (χ0v) is 6.12. The molecule has 58 valence electrons. The Bertz CT molecular complexity index is 411. The maximum Gasteiger partial charge on any atom is 0.204 e. The van der Waals surface area contributed by atoms with Gasteiger partial charge in [0.15, 0.2) is 0 Å². The highest BCUT2D eigenvalue weighted by Crippen LogP contribution is 2.28. The van der Waals surface area contributed by atoms with Crippen LogP contribution in [0.3, 0.4) is 0 Å². The first-order valence-electron chi connectivity index (χ1n) is 3.67. The average Bonchev–Trinajstić information content (AvgIpc) is 2.71. The van der Waals surface area contributed by atoms with Gasteiger partial charge in [-0.3, -0.25) is 0 Å². The van der Waals surface area contributed by atoms with Crippen molar-refractivity contribution in [1.29, 1.82) is 0 Å². The molecule has 3 rings (SSSR count). The molecule has 2 aliphatic rings. The fourth-order valence-corrected chi connectivity index (χ4v) is 1.42. The van der Waals surface area contributed by atoms with E-state index >= 15 is 0 Å². The molecule has 5 nitrogen and oxygen atoms in total. The van der Waals surface area contributed by atoms with Crippen molar-refractivity contribution in [1.82, 2.24) is 20.3 Å². The number of hydrogen-bond donors (Lipinski definition) is 0. The van der Waals surface area contributed by atoms with Gasteiger partial charge in [0.25, 0.3) is 0 Å². The van der Waals surface area contributed by atoms with Crippen LogP contribution in [0, 0.1) is 5.92 Å². The number of allylic oxidation sites excluding steroid dienone is 4. The second kappa shape index (κ2) is 1.88. The van der Waals surface area contributed by atoms with Crippen LogP contribution >= 0.6 is 0 Å². The van der Waals surface area contributed by atoms with Crippen molar-refractivity contribution in [2.75, 3.05) is 0 Å². The predicted molar refractivity (Wildman–Crippen MR) is 42.3 cm³/mol. The Labute approximate surface area is 68.1 Å². The Morgan fingerprint density at radius 3 is 3.42 bits per heavy atom. The molecule has 0 saturated heterocycles. The van der Waals surface area contributed by atoms with Crippen molar-refractivity contribution in [2.24, 2.45) is 11.0 Å².